The molecule has 0 fully saturated rings. The van der Waals surface area contributed by atoms with E-state index in [2.05, 4.69) is 25.9 Å². The largest absolute Gasteiger partial charge is 0.480 e. The number of primary amides is 1. The molecular weight excluding hydrogens is 470 g/mol. The Morgan fingerprint density at radius 3 is 2.17 bits per heavy atom. The highest BCUT2D eigenvalue weighted by atomic mass is 16.4. The van der Waals surface area contributed by atoms with E-state index in [9.17, 15) is 29.1 Å². The number of aromatic nitrogens is 2. The Kier molecular flexibility index (Phi) is 12.6. The van der Waals surface area contributed by atoms with E-state index in [1.54, 1.807) is 6.92 Å². The summed E-state index contributed by atoms with van der Waals surface area (Å²) in [6, 6.07) is -4.30. The van der Waals surface area contributed by atoms with Crippen LogP contribution in [0.25, 0.3) is 0 Å². The molecule has 202 valence electrons. The summed E-state index contributed by atoms with van der Waals surface area (Å²) in [7, 11) is 0. The van der Waals surface area contributed by atoms with Crippen LogP contribution in [-0.2, 0) is 30.4 Å². The van der Waals surface area contributed by atoms with Gasteiger partial charge in [-0.15, -0.1) is 0 Å². The van der Waals surface area contributed by atoms with E-state index in [0.29, 0.717) is 12.1 Å². The van der Waals surface area contributed by atoms with Gasteiger partial charge in [-0.2, -0.15) is 0 Å². The Morgan fingerprint density at radius 2 is 1.67 bits per heavy atom. The van der Waals surface area contributed by atoms with E-state index in [1.807, 2.05) is 20.8 Å². The first-order valence-corrected chi connectivity index (χ1v) is 12.0. The fraction of sp³-hybridized carbons (Fsp3) is 0.652. The number of carboxylic acid groups (broad SMARTS) is 1. The summed E-state index contributed by atoms with van der Waals surface area (Å²) >= 11 is 0. The Hall–Kier alpha value is -3.48. The molecule has 0 saturated carbocycles. The normalized spacial score (nSPS) is 15.3. The van der Waals surface area contributed by atoms with Gasteiger partial charge in [-0.25, -0.2) is 9.78 Å². The van der Waals surface area contributed by atoms with Gasteiger partial charge in [0.1, 0.15) is 18.1 Å². The molecule has 1 aromatic rings. The number of nitrogens with zero attached hydrogens (tertiary/aromatic N) is 1. The quantitative estimate of drug-likeness (QED) is 0.149. The molecule has 1 aromatic heterocycles. The first-order chi connectivity index (χ1) is 16.8. The minimum absolute atomic E-state index is 0.0164. The maximum Gasteiger partial charge on any atom is 0.326 e. The van der Waals surface area contributed by atoms with Gasteiger partial charge in [0.2, 0.25) is 23.6 Å². The number of carboxylic acids is 1. The lowest BCUT2D eigenvalue weighted by Crippen LogP contribution is -2.59. The number of aromatic amines is 1. The predicted octanol–water partition coefficient (Wildman–Crippen LogP) is -0.824. The SMILES string of the molecule is CCC(C)C(NC(=O)C(CC(C)C)NC(=O)C(N)CCC(N)=O)C(=O)NC(Cc1cnc[nH]1)C(=O)O. The molecule has 0 aromatic carbocycles. The average molecular weight is 510 g/mol. The van der Waals surface area contributed by atoms with Crippen LogP contribution < -0.4 is 27.4 Å². The summed E-state index contributed by atoms with van der Waals surface area (Å²) < 4.78 is 0. The highest BCUT2D eigenvalue weighted by Gasteiger charge is 2.33. The number of imidazole rings is 1. The van der Waals surface area contributed by atoms with Crippen LogP contribution in [0.3, 0.4) is 0 Å². The van der Waals surface area contributed by atoms with Crippen LogP contribution in [0.5, 0.6) is 0 Å². The fourth-order valence-corrected chi connectivity index (χ4v) is 3.44. The van der Waals surface area contributed by atoms with E-state index in [4.69, 9.17) is 11.5 Å². The zero-order valence-electron chi connectivity index (χ0n) is 21.2. The number of rotatable bonds is 16. The number of amides is 4. The Bertz CT molecular complexity index is 890. The molecule has 0 aliphatic heterocycles. The molecule has 0 spiro atoms. The molecule has 13 nitrogen and oxygen atoms in total. The number of hydrogen-bond donors (Lipinski definition) is 7. The van der Waals surface area contributed by atoms with Gasteiger partial charge in [-0.05, 0) is 24.7 Å². The van der Waals surface area contributed by atoms with Crippen LogP contribution in [-0.4, -0.2) is 68.8 Å². The van der Waals surface area contributed by atoms with Crippen molar-refractivity contribution in [3.05, 3.63) is 18.2 Å². The molecule has 0 aliphatic carbocycles. The third kappa shape index (κ3) is 10.4. The lowest BCUT2D eigenvalue weighted by atomic mass is 9.96. The van der Waals surface area contributed by atoms with Crippen LogP contribution in [0, 0.1) is 11.8 Å². The van der Waals surface area contributed by atoms with E-state index in [-0.39, 0.29) is 37.5 Å². The summed E-state index contributed by atoms with van der Waals surface area (Å²) in [6.45, 7) is 7.32. The number of nitrogens with two attached hydrogens (primary N) is 2. The first-order valence-electron chi connectivity index (χ1n) is 12.0. The molecule has 13 heteroatoms. The second kappa shape index (κ2) is 14.8. The van der Waals surface area contributed by atoms with Gasteiger partial charge in [0, 0.05) is 24.7 Å². The number of nitrogens with one attached hydrogen (secondary N) is 4. The minimum atomic E-state index is -1.24. The number of hydrogen-bond acceptors (Lipinski definition) is 7. The molecule has 0 aliphatic rings. The van der Waals surface area contributed by atoms with Crippen LogP contribution in [0.4, 0.5) is 0 Å². The highest BCUT2D eigenvalue weighted by molar-refractivity contribution is 5.94. The van der Waals surface area contributed by atoms with Crippen LogP contribution in [0.2, 0.25) is 0 Å². The van der Waals surface area contributed by atoms with Gasteiger partial charge in [-0.1, -0.05) is 34.1 Å². The van der Waals surface area contributed by atoms with Crippen molar-refractivity contribution in [1.82, 2.24) is 25.9 Å². The van der Waals surface area contributed by atoms with Crippen molar-refractivity contribution in [2.45, 2.75) is 84.0 Å². The standard InChI is InChI=1S/C23H39N7O6/c1-5-13(4)19(22(34)29-17(23(35)36)9-14-10-26-11-27-14)30-21(33)16(8-12(2)3)28-20(32)15(24)6-7-18(25)31/h10-13,15-17,19H,5-9,24H2,1-4H3,(H2,25,31)(H,26,27)(H,28,32)(H,29,34)(H,30,33)(H,35,36). The number of H-pyrrole nitrogens is 1. The van der Waals surface area contributed by atoms with Gasteiger partial charge in [-0.3, -0.25) is 19.2 Å². The van der Waals surface area contributed by atoms with Gasteiger partial charge in [0.25, 0.3) is 0 Å². The molecule has 1 heterocycles. The summed E-state index contributed by atoms with van der Waals surface area (Å²) in [5.41, 5.74) is 11.5. The number of aliphatic carboxylic acids is 1. The molecule has 9 N–H and O–H groups in total. The number of carbonyl (C=O) groups excluding carboxylic acids is 4. The lowest BCUT2D eigenvalue weighted by molar-refractivity contribution is -0.142. The molecule has 0 radical (unpaired) electrons. The van der Waals surface area contributed by atoms with Gasteiger partial charge in [0.05, 0.1) is 12.4 Å². The second-order valence-electron chi connectivity index (χ2n) is 9.35. The molecule has 1 rings (SSSR count). The van der Waals surface area contributed by atoms with Gasteiger partial charge < -0.3 is 37.5 Å². The summed E-state index contributed by atoms with van der Waals surface area (Å²) in [5.74, 6) is -4.01. The molecule has 5 atom stereocenters. The third-order valence-corrected chi connectivity index (χ3v) is 5.77. The Morgan fingerprint density at radius 1 is 1.03 bits per heavy atom. The highest BCUT2D eigenvalue weighted by Crippen LogP contribution is 2.12. The monoisotopic (exact) mass is 509 g/mol. The molecule has 5 unspecified atom stereocenters. The van der Waals surface area contributed by atoms with E-state index in [1.165, 1.54) is 12.5 Å². The van der Waals surface area contributed by atoms with Crippen molar-refractivity contribution >= 4 is 29.6 Å². The first kappa shape index (κ1) is 30.6. The van der Waals surface area contributed by atoms with Crippen LogP contribution in [0.1, 0.15) is 59.1 Å². The molecular formula is C23H39N7O6. The van der Waals surface area contributed by atoms with Crippen molar-refractivity contribution in [2.75, 3.05) is 0 Å². The summed E-state index contributed by atoms with van der Waals surface area (Å²) in [4.78, 5) is 68.1. The number of carbonyl (C=O) groups is 5. The van der Waals surface area contributed by atoms with Crippen molar-refractivity contribution in [3.63, 3.8) is 0 Å². The van der Waals surface area contributed by atoms with Crippen molar-refractivity contribution in [1.29, 1.82) is 0 Å². The molecule has 36 heavy (non-hydrogen) atoms. The fourth-order valence-electron chi connectivity index (χ4n) is 3.44. The van der Waals surface area contributed by atoms with E-state index in [0.717, 1.165) is 0 Å². The smallest absolute Gasteiger partial charge is 0.326 e. The van der Waals surface area contributed by atoms with Crippen LogP contribution >= 0.6 is 0 Å². The maximum absolute atomic E-state index is 13.2. The predicted molar refractivity (Wildman–Crippen MR) is 131 cm³/mol. The molecule has 0 saturated heterocycles. The second-order valence-corrected chi connectivity index (χ2v) is 9.35. The average Bonchev–Trinajstić information content (AvgIpc) is 3.31. The lowest BCUT2D eigenvalue weighted by Gasteiger charge is -2.28. The van der Waals surface area contributed by atoms with Crippen molar-refractivity contribution < 1.29 is 29.1 Å². The zero-order valence-corrected chi connectivity index (χ0v) is 21.2. The maximum atomic E-state index is 13.2. The Labute approximate surface area is 210 Å². The zero-order chi connectivity index (χ0) is 27.4. The van der Waals surface area contributed by atoms with Crippen LogP contribution in [0.15, 0.2) is 12.5 Å². The molecule has 0 bridgehead atoms. The third-order valence-electron chi connectivity index (χ3n) is 5.77. The van der Waals surface area contributed by atoms with Crippen molar-refractivity contribution in [3.8, 4) is 0 Å². The van der Waals surface area contributed by atoms with E-state index >= 15 is 0 Å². The van der Waals surface area contributed by atoms with Gasteiger partial charge in [0.15, 0.2) is 0 Å². The topological polar surface area (TPSA) is 222 Å². The van der Waals surface area contributed by atoms with E-state index < -0.39 is 53.8 Å². The molecule has 4 amide bonds. The minimum Gasteiger partial charge on any atom is -0.480 e. The Balaban J connectivity index is 2.98. The summed E-state index contributed by atoms with van der Waals surface area (Å²) in [5, 5.41) is 17.3. The van der Waals surface area contributed by atoms with Gasteiger partial charge >= 0.3 is 5.97 Å². The summed E-state index contributed by atoms with van der Waals surface area (Å²) in [6.07, 6.45) is 3.60. The van der Waals surface area contributed by atoms with Crippen molar-refractivity contribution in [2.24, 2.45) is 23.3 Å².